The Morgan fingerprint density at radius 2 is 1.45 bits per heavy atom. The van der Waals surface area contributed by atoms with Crippen molar-refractivity contribution in [3.63, 3.8) is 0 Å². The fraction of sp³-hybridized carbons (Fsp3) is 0.857. The number of carbonyl (C=O) groups is 2. The largest absolute Gasteiger partial charge is 0.465 e. The Kier molecular flexibility index (Phi) is 7.83. The first-order valence-electron chi connectivity index (χ1n) is 7.03. The average molecular weight is 330 g/mol. The molecule has 0 heterocycles. The highest BCUT2D eigenvalue weighted by molar-refractivity contribution is 6.00. The molecule has 0 unspecified atom stereocenters. The third-order valence-corrected chi connectivity index (χ3v) is 3.25. The van der Waals surface area contributed by atoms with E-state index < -0.39 is 36.3 Å². The Bertz CT molecular complexity index is 379. The van der Waals surface area contributed by atoms with Gasteiger partial charge in [0.05, 0.1) is 6.61 Å². The summed E-state index contributed by atoms with van der Waals surface area (Å²) >= 11 is 0. The lowest BCUT2D eigenvalue weighted by Gasteiger charge is -2.28. The van der Waals surface area contributed by atoms with Gasteiger partial charge in [0.1, 0.15) is 0 Å². The van der Waals surface area contributed by atoms with Crippen molar-refractivity contribution in [1.82, 2.24) is 0 Å². The van der Waals surface area contributed by atoms with Crippen LogP contribution in [0.2, 0.25) is 0 Å². The Morgan fingerprint density at radius 3 is 1.82 bits per heavy atom. The molecule has 0 atom stereocenters. The molecule has 0 N–H and O–H groups in total. The monoisotopic (exact) mass is 330 g/mol. The number of halogens is 4. The van der Waals surface area contributed by atoms with E-state index in [-0.39, 0.29) is 25.4 Å². The molecular weight excluding hydrogens is 308 g/mol. The van der Waals surface area contributed by atoms with E-state index in [1.54, 1.807) is 13.8 Å². The second-order valence-corrected chi connectivity index (χ2v) is 5.42. The Labute approximate surface area is 127 Å². The number of alkyl halides is 4. The predicted molar refractivity (Wildman–Crippen MR) is 70.7 cm³/mol. The summed E-state index contributed by atoms with van der Waals surface area (Å²) in [5, 5.41) is 0. The third-order valence-electron chi connectivity index (χ3n) is 3.25. The van der Waals surface area contributed by atoms with Crippen molar-refractivity contribution in [3.8, 4) is 0 Å². The highest BCUT2D eigenvalue weighted by Crippen LogP contribution is 2.32. The number of ether oxygens (including phenoxy) is 2. The molecule has 0 rings (SSSR count). The fourth-order valence-corrected chi connectivity index (χ4v) is 1.65. The fourth-order valence-electron chi connectivity index (χ4n) is 1.65. The topological polar surface area (TPSA) is 52.6 Å². The molecule has 0 aromatic carbocycles. The van der Waals surface area contributed by atoms with Crippen LogP contribution in [0.4, 0.5) is 17.6 Å². The summed E-state index contributed by atoms with van der Waals surface area (Å²) in [7, 11) is 0. The molecule has 130 valence electrons. The van der Waals surface area contributed by atoms with Crippen molar-refractivity contribution in [2.45, 2.75) is 52.9 Å². The van der Waals surface area contributed by atoms with Crippen molar-refractivity contribution < 1.29 is 36.6 Å². The predicted octanol–water partition coefficient (Wildman–Crippen LogP) is 3.44. The molecule has 0 bridgehead atoms. The third kappa shape index (κ3) is 5.14. The molecule has 0 aromatic rings. The highest BCUT2D eigenvalue weighted by atomic mass is 19.3. The van der Waals surface area contributed by atoms with Crippen LogP contribution in [0.25, 0.3) is 0 Å². The molecule has 0 aliphatic carbocycles. The molecular formula is C14H22F4O4. The first-order valence-corrected chi connectivity index (χ1v) is 7.03. The number of hydrogen-bond donors (Lipinski definition) is 0. The van der Waals surface area contributed by atoms with Gasteiger partial charge in [-0.25, -0.2) is 8.78 Å². The van der Waals surface area contributed by atoms with Gasteiger partial charge in [0.25, 0.3) is 0 Å². The maximum atomic E-state index is 12.8. The van der Waals surface area contributed by atoms with Crippen molar-refractivity contribution in [2.75, 3.05) is 13.2 Å². The van der Waals surface area contributed by atoms with Gasteiger partial charge in [-0.3, -0.25) is 9.59 Å². The number of carbonyl (C=O) groups excluding carboxylic acids is 2. The van der Waals surface area contributed by atoms with Crippen LogP contribution in [0.3, 0.4) is 0 Å². The number of rotatable bonds is 9. The van der Waals surface area contributed by atoms with E-state index in [0.717, 1.165) is 0 Å². The van der Waals surface area contributed by atoms with Gasteiger partial charge in [-0.15, -0.1) is 0 Å². The van der Waals surface area contributed by atoms with Crippen LogP contribution in [0, 0.1) is 11.3 Å². The zero-order valence-electron chi connectivity index (χ0n) is 13.1. The van der Waals surface area contributed by atoms with Crippen molar-refractivity contribution in [3.05, 3.63) is 0 Å². The Hall–Kier alpha value is -1.34. The molecule has 0 spiro atoms. The minimum absolute atomic E-state index is 0.0227. The molecule has 0 amide bonds. The molecule has 0 radical (unpaired) electrons. The van der Waals surface area contributed by atoms with Crippen LogP contribution in [-0.4, -0.2) is 37.5 Å². The molecule has 4 nitrogen and oxygen atoms in total. The summed E-state index contributed by atoms with van der Waals surface area (Å²) in [6.07, 6.45) is -4.04. The zero-order valence-corrected chi connectivity index (χ0v) is 13.1. The molecule has 0 aliphatic heterocycles. The minimum Gasteiger partial charge on any atom is -0.465 e. The molecule has 8 heteroatoms. The summed E-state index contributed by atoms with van der Waals surface area (Å²) in [6.45, 7) is 4.84. The first-order chi connectivity index (χ1) is 10.0. The molecule has 0 fully saturated rings. The zero-order chi connectivity index (χ0) is 17.6. The van der Waals surface area contributed by atoms with Gasteiger partial charge in [-0.05, 0) is 18.8 Å². The van der Waals surface area contributed by atoms with E-state index in [0.29, 0.717) is 0 Å². The maximum absolute atomic E-state index is 12.8. The van der Waals surface area contributed by atoms with Gasteiger partial charge >= 0.3 is 24.3 Å². The molecule has 0 saturated heterocycles. The highest BCUT2D eigenvalue weighted by Gasteiger charge is 2.49. The molecule has 22 heavy (non-hydrogen) atoms. The lowest BCUT2D eigenvalue weighted by molar-refractivity contribution is -0.193. The second kappa shape index (κ2) is 8.33. The summed E-state index contributed by atoms with van der Waals surface area (Å²) < 4.78 is 59.0. The van der Waals surface area contributed by atoms with Crippen LogP contribution >= 0.6 is 0 Å². The maximum Gasteiger partial charge on any atom is 0.340 e. The molecule has 0 aromatic heterocycles. The number of hydrogen-bond acceptors (Lipinski definition) is 4. The van der Waals surface area contributed by atoms with E-state index in [1.807, 2.05) is 0 Å². The SMILES string of the molecule is CCC(CC)(C(=O)OCC(C)C)C(=O)OCC(F)(F)C(F)F. The second-order valence-electron chi connectivity index (χ2n) is 5.42. The van der Waals surface area contributed by atoms with Gasteiger partial charge in [-0.1, -0.05) is 27.7 Å². The van der Waals surface area contributed by atoms with Gasteiger partial charge < -0.3 is 9.47 Å². The summed E-state index contributed by atoms with van der Waals surface area (Å²) in [5.41, 5.74) is -1.76. The lowest BCUT2D eigenvalue weighted by atomic mass is 9.82. The molecule has 0 saturated carbocycles. The van der Waals surface area contributed by atoms with E-state index in [2.05, 4.69) is 4.74 Å². The standard InChI is InChI=1S/C14H22F4O4/c1-5-13(6-2,11(19)21-7-9(3)4)12(20)22-8-14(17,18)10(15)16/h9-10H,5-8H2,1-4H3. The smallest absolute Gasteiger partial charge is 0.340 e. The number of esters is 2. The van der Waals surface area contributed by atoms with Crippen LogP contribution in [-0.2, 0) is 19.1 Å². The van der Waals surface area contributed by atoms with Gasteiger partial charge in [0, 0.05) is 0 Å². The van der Waals surface area contributed by atoms with E-state index in [1.165, 1.54) is 13.8 Å². The van der Waals surface area contributed by atoms with E-state index in [4.69, 9.17) is 4.74 Å². The van der Waals surface area contributed by atoms with Gasteiger partial charge in [0.2, 0.25) is 0 Å². The Balaban J connectivity index is 4.99. The van der Waals surface area contributed by atoms with E-state index >= 15 is 0 Å². The van der Waals surface area contributed by atoms with Crippen molar-refractivity contribution >= 4 is 11.9 Å². The molecule has 0 aliphatic rings. The summed E-state index contributed by atoms with van der Waals surface area (Å²) in [4.78, 5) is 24.1. The minimum atomic E-state index is -4.45. The first kappa shape index (κ1) is 20.7. The van der Waals surface area contributed by atoms with Crippen molar-refractivity contribution in [2.24, 2.45) is 11.3 Å². The van der Waals surface area contributed by atoms with Crippen LogP contribution in [0.15, 0.2) is 0 Å². The van der Waals surface area contributed by atoms with Crippen LogP contribution < -0.4 is 0 Å². The summed E-state index contributed by atoms with van der Waals surface area (Å²) in [6, 6.07) is 0. The van der Waals surface area contributed by atoms with Gasteiger partial charge in [-0.2, -0.15) is 8.78 Å². The summed E-state index contributed by atoms with van der Waals surface area (Å²) in [5.74, 6) is -6.59. The quantitative estimate of drug-likeness (QED) is 0.369. The lowest BCUT2D eigenvalue weighted by Crippen LogP contribution is -2.44. The van der Waals surface area contributed by atoms with E-state index in [9.17, 15) is 27.2 Å². The van der Waals surface area contributed by atoms with Crippen LogP contribution in [0.5, 0.6) is 0 Å². The normalized spacial score (nSPS) is 12.6. The van der Waals surface area contributed by atoms with Crippen LogP contribution in [0.1, 0.15) is 40.5 Å². The average Bonchev–Trinajstić information content (AvgIpc) is 2.44. The van der Waals surface area contributed by atoms with Gasteiger partial charge in [0.15, 0.2) is 12.0 Å². The Morgan fingerprint density at radius 1 is 1.00 bits per heavy atom. The van der Waals surface area contributed by atoms with Crippen molar-refractivity contribution in [1.29, 1.82) is 0 Å².